The summed E-state index contributed by atoms with van der Waals surface area (Å²) in [6.45, 7) is 2.62. The van der Waals surface area contributed by atoms with Crippen LogP contribution < -0.4 is 0 Å². The fourth-order valence-corrected chi connectivity index (χ4v) is 4.25. The molecular formula is C24H25NO4. The van der Waals surface area contributed by atoms with E-state index in [-0.39, 0.29) is 24.2 Å². The van der Waals surface area contributed by atoms with Crippen LogP contribution in [0.2, 0.25) is 0 Å². The van der Waals surface area contributed by atoms with Crippen LogP contribution in [0.3, 0.4) is 0 Å². The summed E-state index contributed by atoms with van der Waals surface area (Å²) >= 11 is 0. The summed E-state index contributed by atoms with van der Waals surface area (Å²) in [7, 11) is 0. The van der Waals surface area contributed by atoms with Crippen molar-refractivity contribution in [3.05, 3.63) is 59.2 Å². The lowest BCUT2D eigenvalue weighted by atomic mass is 9.98. The number of rotatable bonds is 5. The van der Waals surface area contributed by atoms with Crippen molar-refractivity contribution in [3.8, 4) is 11.1 Å². The first-order valence-electron chi connectivity index (χ1n) is 10.3. The summed E-state index contributed by atoms with van der Waals surface area (Å²) < 4.78 is 5.32. The van der Waals surface area contributed by atoms with Crippen LogP contribution in [-0.4, -0.2) is 42.3 Å². The molecule has 29 heavy (non-hydrogen) atoms. The van der Waals surface area contributed by atoms with Crippen LogP contribution in [0.5, 0.6) is 0 Å². The molecule has 1 fully saturated rings. The Morgan fingerprint density at radius 1 is 1.07 bits per heavy atom. The summed E-state index contributed by atoms with van der Waals surface area (Å²) in [6.07, 6.45) is 2.78. The Balaban J connectivity index is 1.38. The van der Waals surface area contributed by atoms with E-state index in [1.165, 1.54) is 11.1 Å². The predicted molar refractivity (Wildman–Crippen MR) is 110 cm³/mol. The van der Waals surface area contributed by atoms with Gasteiger partial charge in [0.05, 0.1) is 5.92 Å². The van der Waals surface area contributed by atoms with Crippen LogP contribution in [-0.2, 0) is 20.7 Å². The van der Waals surface area contributed by atoms with E-state index < -0.39 is 5.97 Å². The number of hydrogen-bond acceptors (Lipinski definition) is 4. The third-order valence-electron chi connectivity index (χ3n) is 5.88. The van der Waals surface area contributed by atoms with Crippen LogP contribution in [0.15, 0.2) is 42.5 Å². The Bertz CT molecular complexity index is 965. The minimum Gasteiger partial charge on any atom is -0.457 e. The lowest BCUT2D eigenvalue weighted by Crippen LogP contribution is -2.42. The average Bonchev–Trinajstić information content (AvgIpc) is 3.14. The second-order valence-corrected chi connectivity index (χ2v) is 7.77. The molecule has 1 heterocycles. The maximum Gasteiger partial charge on any atom is 0.311 e. The topological polar surface area (TPSA) is 63.7 Å². The lowest BCUT2D eigenvalue weighted by molar-refractivity contribution is -0.150. The minimum atomic E-state index is -0.390. The van der Waals surface area contributed by atoms with Gasteiger partial charge in [-0.05, 0) is 47.6 Å². The molecule has 1 aliphatic heterocycles. The third-order valence-corrected chi connectivity index (χ3v) is 5.88. The maximum absolute atomic E-state index is 12.6. The molecule has 0 bridgehead atoms. The van der Waals surface area contributed by atoms with Crippen molar-refractivity contribution >= 4 is 17.7 Å². The first kappa shape index (κ1) is 19.4. The van der Waals surface area contributed by atoms with Gasteiger partial charge in [-0.15, -0.1) is 0 Å². The van der Waals surface area contributed by atoms with Gasteiger partial charge in [-0.25, -0.2) is 0 Å². The van der Waals surface area contributed by atoms with E-state index >= 15 is 0 Å². The Kier molecular flexibility index (Phi) is 5.47. The first-order chi connectivity index (χ1) is 14.1. The number of ether oxygens (including phenoxy) is 1. The molecule has 1 saturated heterocycles. The van der Waals surface area contributed by atoms with Crippen molar-refractivity contribution in [2.24, 2.45) is 5.92 Å². The van der Waals surface area contributed by atoms with Crippen molar-refractivity contribution in [3.63, 3.8) is 0 Å². The van der Waals surface area contributed by atoms with Crippen molar-refractivity contribution < 1.29 is 19.1 Å². The van der Waals surface area contributed by atoms with E-state index in [0.717, 1.165) is 24.0 Å². The van der Waals surface area contributed by atoms with E-state index in [0.29, 0.717) is 31.5 Å². The monoisotopic (exact) mass is 391 g/mol. The van der Waals surface area contributed by atoms with Gasteiger partial charge >= 0.3 is 5.97 Å². The number of carbonyl (C=O) groups is 3. The van der Waals surface area contributed by atoms with Gasteiger partial charge in [0.2, 0.25) is 5.91 Å². The predicted octanol–water partition coefficient (Wildman–Crippen LogP) is 3.63. The van der Waals surface area contributed by atoms with Crippen LogP contribution in [0.4, 0.5) is 0 Å². The Hall–Kier alpha value is -2.95. The summed E-state index contributed by atoms with van der Waals surface area (Å²) in [6, 6.07) is 13.9. The van der Waals surface area contributed by atoms with E-state index in [1.807, 2.05) is 37.3 Å². The minimum absolute atomic E-state index is 0.0528. The van der Waals surface area contributed by atoms with Gasteiger partial charge in [0.1, 0.15) is 0 Å². The highest BCUT2D eigenvalue weighted by Crippen LogP contribution is 2.36. The quantitative estimate of drug-likeness (QED) is 0.492. The molecule has 150 valence electrons. The number of amides is 1. The largest absolute Gasteiger partial charge is 0.457 e. The summed E-state index contributed by atoms with van der Waals surface area (Å²) in [4.78, 5) is 38.7. The molecule has 4 rings (SSSR count). The van der Waals surface area contributed by atoms with Gasteiger partial charge in [0.25, 0.3) is 0 Å². The molecule has 0 N–H and O–H groups in total. The van der Waals surface area contributed by atoms with Gasteiger partial charge in [-0.2, -0.15) is 0 Å². The number of Topliss-reactive ketones (excluding diaryl/α,β-unsaturated/α-hetero) is 1. The normalized spacial score (nSPS) is 17.4. The SMILES string of the molecule is CCC(=O)N1CCCC(C(=O)OCC(=O)c2ccc3c(c2)-c2ccccc2C3)C1. The fraction of sp³-hybridized carbons (Fsp3) is 0.375. The van der Waals surface area contributed by atoms with Gasteiger partial charge in [-0.3, -0.25) is 14.4 Å². The second-order valence-electron chi connectivity index (χ2n) is 7.77. The van der Waals surface area contributed by atoms with E-state index in [9.17, 15) is 14.4 Å². The molecule has 1 atom stereocenters. The zero-order chi connectivity index (χ0) is 20.4. The van der Waals surface area contributed by atoms with Gasteiger partial charge in [-0.1, -0.05) is 43.3 Å². The van der Waals surface area contributed by atoms with Crippen LogP contribution >= 0.6 is 0 Å². The summed E-state index contributed by atoms with van der Waals surface area (Å²) in [5.41, 5.74) is 5.28. The van der Waals surface area contributed by atoms with Crippen molar-refractivity contribution in [2.75, 3.05) is 19.7 Å². The van der Waals surface area contributed by atoms with Crippen LogP contribution in [0.1, 0.15) is 47.7 Å². The van der Waals surface area contributed by atoms with Gasteiger partial charge in [0, 0.05) is 25.1 Å². The number of nitrogens with zero attached hydrogens (tertiary/aromatic N) is 1. The van der Waals surface area contributed by atoms with Crippen molar-refractivity contribution in [2.45, 2.75) is 32.6 Å². The van der Waals surface area contributed by atoms with Gasteiger partial charge in [0.15, 0.2) is 12.4 Å². The molecule has 2 aromatic rings. The number of likely N-dealkylation sites (tertiary alicyclic amines) is 1. The van der Waals surface area contributed by atoms with Gasteiger partial charge < -0.3 is 9.64 Å². The molecule has 0 aromatic heterocycles. The zero-order valence-electron chi connectivity index (χ0n) is 16.6. The molecule has 0 spiro atoms. The standard InChI is InChI=1S/C24H25NO4/c1-2-23(27)25-11-5-7-19(14-25)24(28)29-15-22(26)18-10-9-17-12-16-6-3-4-8-20(16)21(17)13-18/h3-4,6,8-10,13,19H,2,5,7,11-12,14-15H2,1H3. The third kappa shape index (κ3) is 3.95. The highest BCUT2D eigenvalue weighted by atomic mass is 16.5. The average molecular weight is 391 g/mol. The number of carbonyl (C=O) groups excluding carboxylic acids is 3. The molecule has 5 heteroatoms. The highest BCUT2D eigenvalue weighted by Gasteiger charge is 2.29. The lowest BCUT2D eigenvalue weighted by Gasteiger charge is -2.31. The van der Waals surface area contributed by atoms with Crippen LogP contribution in [0, 0.1) is 5.92 Å². The molecule has 2 aliphatic rings. The Labute approximate surface area is 170 Å². The van der Waals surface area contributed by atoms with E-state index in [1.54, 1.807) is 4.90 Å². The molecule has 5 nitrogen and oxygen atoms in total. The molecule has 0 radical (unpaired) electrons. The molecule has 1 unspecified atom stereocenters. The number of benzene rings is 2. The molecule has 1 amide bonds. The molecule has 0 saturated carbocycles. The van der Waals surface area contributed by atoms with E-state index in [2.05, 4.69) is 12.1 Å². The van der Waals surface area contributed by atoms with Crippen molar-refractivity contribution in [1.29, 1.82) is 0 Å². The first-order valence-corrected chi connectivity index (χ1v) is 10.3. The number of piperidine rings is 1. The smallest absolute Gasteiger partial charge is 0.311 e. The van der Waals surface area contributed by atoms with Crippen molar-refractivity contribution in [1.82, 2.24) is 4.90 Å². The number of fused-ring (bicyclic) bond motifs is 3. The number of hydrogen-bond donors (Lipinski definition) is 0. The number of ketones is 1. The number of esters is 1. The molecule has 2 aromatic carbocycles. The maximum atomic E-state index is 12.6. The zero-order valence-corrected chi connectivity index (χ0v) is 16.6. The molecule has 1 aliphatic carbocycles. The summed E-state index contributed by atoms with van der Waals surface area (Å²) in [5.74, 6) is -0.891. The van der Waals surface area contributed by atoms with E-state index in [4.69, 9.17) is 4.74 Å². The Morgan fingerprint density at radius 3 is 2.69 bits per heavy atom. The molecular weight excluding hydrogens is 366 g/mol. The Morgan fingerprint density at radius 2 is 1.86 bits per heavy atom. The second kappa shape index (κ2) is 8.19. The van der Waals surface area contributed by atoms with Crippen LogP contribution in [0.25, 0.3) is 11.1 Å². The fourth-order valence-electron chi connectivity index (χ4n) is 4.25. The summed E-state index contributed by atoms with van der Waals surface area (Å²) in [5, 5.41) is 0. The highest BCUT2D eigenvalue weighted by molar-refractivity contribution is 5.99.